The van der Waals surface area contributed by atoms with Gasteiger partial charge in [-0.1, -0.05) is 21.3 Å². The summed E-state index contributed by atoms with van der Waals surface area (Å²) in [6.45, 7) is 13.0. The van der Waals surface area contributed by atoms with Gasteiger partial charge in [0.05, 0.1) is 0 Å². The first kappa shape index (κ1) is 24.1. The minimum atomic E-state index is -0.693. The van der Waals surface area contributed by atoms with Crippen LogP contribution >= 0.6 is 0 Å². The van der Waals surface area contributed by atoms with Gasteiger partial charge in [0.2, 0.25) is 11.8 Å². The number of carbonyl (C=O) groups excluding carboxylic acids is 4. The summed E-state index contributed by atoms with van der Waals surface area (Å²) in [4.78, 5) is 48.6. The molecule has 2 fully saturated rings. The lowest BCUT2D eigenvalue weighted by Crippen LogP contribution is -2.43. The van der Waals surface area contributed by atoms with Crippen LogP contribution in [0.15, 0.2) is 0 Å². The minimum absolute atomic E-state index is 0. The molecule has 0 bridgehead atoms. The second-order valence-corrected chi connectivity index (χ2v) is 7.39. The summed E-state index contributed by atoms with van der Waals surface area (Å²) in [6, 6.07) is -0.327. The van der Waals surface area contributed by atoms with E-state index in [0.717, 1.165) is 6.42 Å². The molecule has 0 saturated carbocycles. The van der Waals surface area contributed by atoms with Gasteiger partial charge < -0.3 is 5.32 Å². The third kappa shape index (κ3) is 4.62. The SMILES string of the molecule is C.CC[C@@]1(C)NC(=O)N(C(C)C)C1=O.CC[C@H]1CC(=O)N(C(C)C)C1=O. The Bertz CT molecular complexity index is 559. The van der Waals surface area contributed by atoms with Gasteiger partial charge in [-0.2, -0.15) is 0 Å². The van der Waals surface area contributed by atoms with E-state index < -0.39 is 5.54 Å². The quantitative estimate of drug-likeness (QED) is 0.610. The van der Waals surface area contributed by atoms with Crippen LogP contribution in [0.1, 0.15) is 75.2 Å². The van der Waals surface area contributed by atoms with Crippen molar-refractivity contribution in [2.24, 2.45) is 5.92 Å². The Hall–Kier alpha value is -1.92. The molecule has 1 N–H and O–H groups in total. The third-order valence-electron chi connectivity index (χ3n) is 4.80. The molecule has 0 aromatic carbocycles. The molecule has 5 amide bonds. The van der Waals surface area contributed by atoms with Crippen molar-refractivity contribution in [3.8, 4) is 0 Å². The van der Waals surface area contributed by atoms with Crippen LogP contribution in [0.2, 0.25) is 0 Å². The van der Waals surface area contributed by atoms with Crippen molar-refractivity contribution in [1.29, 1.82) is 0 Å². The molecule has 0 spiro atoms. The number of rotatable bonds is 4. The fourth-order valence-electron chi connectivity index (χ4n) is 2.99. The van der Waals surface area contributed by atoms with Crippen LogP contribution in [-0.4, -0.2) is 51.2 Å². The Labute approximate surface area is 157 Å². The summed E-state index contributed by atoms with van der Waals surface area (Å²) >= 11 is 0. The first-order valence-corrected chi connectivity index (χ1v) is 9.01. The molecule has 26 heavy (non-hydrogen) atoms. The zero-order chi connectivity index (χ0) is 19.5. The predicted molar refractivity (Wildman–Crippen MR) is 101 cm³/mol. The number of nitrogens with zero attached hydrogens (tertiary/aromatic N) is 2. The van der Waals surface area contributed by atoms with E-state index in [1.54, 1.807) is 6.92 Å². The van der Waals surface area contributed by atoms with Gasteiger partial charge in [0.15, 0.2) is 0 Å². The van der Waals surface area contributed by atoms with E-state index >= 15 is 0 Å². The summed E-state index contributed by atoms with van der Waals surface area (Å²) in [7, 11) is 0. The monoisotopic (exact) mass is 369 g/mol. The highest BCUT2D eigenvalue weighted by molar-refractivity contribution is 6.07. The summed E-state index contributed by atoms with van der Waals surface area (Å²) in [5, 5.41) is 2.70. The number of imide groups is 2. The number of hydrogen-bond acceptors (Lipinski definition) is 4. The van der Waals surface area contributed by atoms with Crippen LogP contribution < -0.4 is 5.32 Å². The van der Waals surface area contributed by atoms with E-state index in [2.05, 4.69) is 5.32 Å². The van der Waals surface area contributed by atoms with E-state index in [0.29, 0.717) is 12.8 Å². The molecule has 2 rings (SSSR count). The summed E-state index contributed by atoms with van der Waals surface area (Å²) in [6.07, 6.45) is 1.81. The maximum atomic E-state index is 11.8. The fraction of sp³-hybridized carbons (Fsp3) is 0.789. The number of likely N-dealkylation sites (tertiary alicyclic amines) is 1. The van der Waals surface area contributed by atoms with Crippen LogP contribution in [-0.2, 0) is 14.4 Å². The van der Waals surface area contributed by atoms with Gasteiger partial charge in [0.25, 0.3) is 5.91 Å². The molecule has 150 valence electrons. The number of hydrogen-bond donors (Lipinski definition) is 1. The molecule has 7 nitrogen and oxygen atoms in total. The van der Waals surface area contributed by atoms with E-state index in [-0.39, 0.29) is 49.2 Å². The number of carbonyl (C=O) groups is 4. The molecular formula is C19H35N3O4. The highest BCUT2D eigenvalue weighted by Crippen LogP contribution is 2.24. The zero-order valence-corrected chi connectivity index (χ0v) is 16.4. The van der Waals surface area contributed by atoms with Gasteiger partial charge in [-0.25, -0.2) is 4.79 Å². The van der Waals surface area contributed by atoms with Crippen molar-refractivity contribution in [2.75, 3.05) is 0 Å². The molecule has 0 radical (unpaired) electrons. The average molecular weight is 370 g/mol. The Balaban J connectivity index is 0.000000464. The number of nitrogens with one attached hydrogen (secondary N) is 1. The van der Waals surface area contributed by atoms with Crippen LogP contribution in [0.25, 0.3) is 0 Å². The molecule has 0 aliphatic carbocycles. The topological polar surface area (TPSA) is 86.8 Å². The molecule has 2 atom stereocenters. The second-order valence-electron chi connectivity index (χ2n) is 7.39. The van der Waals surface area contributed by atoms with E-state index in [1.165, 1.54) is 9.80 Å². The molecule has 0 aromatic heterocycles. The van der Waals surface area contributed by atoms with Crippen molar-refractivity contribution >= 4 is 23.8 Å². The summed E-state index contributed by atoms with van der Waals surface area (Å²) in [5.41, 5.74) is -0.693. The zero-order valence-electron chi connectivity index (χ0n) is 16.4. The van der Waals surface area contributed by atoms with Crippen LogP contribution in [0, 0.1) is 5.92 Å². The molecule has 2 heterocycles. The van der Waals surface area contributed by atoms with Crippen molar-refractivity contribution in [3.63, 3.8) is 0 Å². The highest BCUT2D eigenvalue weighted by atomic mass is 16.2. The molecule has 0 aromatic rings. The van der Waals surface area contributed by atoms with Crippen molar-refractivity contribution in [3.05, 3.63) is 0 Å². The lowest BCUT2D eigenvalue weighted by atomic mass is 9.99. The van der Waals surface area contributed by atoms with Gasteiger partial charge in [0.1, 0.15) is 5.54 Å². The number of amides is 5. The van der Waals surface area contributed by atoms with Crippen molar-refractivity contribution in [1.82, 2.24) is 15.1 Å². The number of urea groups is 1. The van der Waals surface area contributed by atoms with Crippen LogP contribution in [0.4, 0.5) is 4.79 Å². The van der Waals surface area contributed by atoms with Crippen LogP contribution in [0.3, 0.4) is 0 Å². The van der Waals surface area contributed by atoms with E-state index in [4.69, 9.17) is 0 Å². The maximum absolute atomic E-state index is 11.8. The Morgan fingerprint density at radius 1 is 1.04 bits per heavy atom. The Morgan fingerprint density at radius 2 is 1.54 bits per heavy atom. The van der Waals surface area contributed by atoms with Gasteiger partial charge in [-0.15, -0.1) is 0 Å². The summed E-state index contributed by atoms with van der Waals surface area (Å²) in [5.74, 6) is -0.172. The molecule has 2 aliphatic rings. The van der Waals surface area contributed by atoms with E-state index in [1.807, 2.05) is 41.5 Å². The maximum Gasteiger partial charge on any atom is 0.325 e. The van der Waals surface area contributed by atoms with E-state index in [9.17, 15) is 19.2 Å². The second kappa shape index (κ2) is 9.14. The molecular weight excluding hydrogens is 334 g/mol. The molecule has 0 unspecified atom stereocenters. The fourth-order valence-corrected chi connectivity index (χ4v) is 2.99. The van der Waals surface area contributed by atoms with Gasteiger partial charge in [-0.3, -0.25) is 24.2 Å². The first-order chi connectivity index (χ1) is 11.5. The predicted octanol–water partition coefficient (Wildman–Crippen LogP) is 2.93. The molecule has 7 heteroatoms. The molecule has 2 aliphatic heterocycles. The van der Waals surface area contributed by atoms with Crippen LogP contribution in [0.5, 0.6) is 0 Å². The lowest BCUT2D eigenvalue weighted by molar-refractivity contribution is -0.141. The first-order valence-electron chi connectivity index (χ1n) is 9.01. The lowest BCUT2D eigenvalue weighted by Gasteiger charge is -2.21. The standard InChI is InChI=1S/C9H16N2O2.C9H15NO2.CH4/c1-5-9(4)7(12)11(6(2)3)8(13)10-9;1-4-7-5-8(11)10(6(2)3)9(7)12;/h6H,5H2,1-4H3,(H,10,13);6-7H,4-5H2,1-3H3;1H4/t9-;7-;/m10./s1. The summed E-state index contributed by atoms with van der Waals surface area (Å²) < 4.78 is 0. The largest absolute Gasteiger partial charge is 0.325 e. The average Bonchev–Trinajstić information content (AvgIpc) is 2.93. The smallest absolute Gasteiger partial charge is 0.323 e. The molecule has 2 saturated heterocycles. The Kier molecular flexibility index (Phi) is 8.47. The van der Waals surface area contributed by atoms with Crippen molar-refractivity contribution < 1.29 is 19.2 Å². The normalized spacial score (nSPS) is 25.5. The van der Waals surface area contributed by atoms with Gasteiger partial charge >= 0.3 is 6.03 Å². The third-order valence-corrected chi connectivity index (χ3v) is 4.80. The highest BCUT2D eigenvalue weighted by Gasteiger charge is 2.47. The van der Waals surface area contributed by atoms with Crippen molar-refractivity contribution in [2.45, 2.75) is 92.8 Å². The van der Waals surface area contributed by atoms with Gasteiger partial charge in [0, 0.05) is 24.4 Å². The minimum Gasteiger partial charge on any atom is -0.323 e. The van der Waals surface area contributed by atoms with Gasteiger partial charge in [-0.05, 0) is 47.5 Å². The Morgan fingerprint density at radius 3 is 1.77 bits per heavy atom.